The second kappa shape index (κ2) is 4.61. The molecule has 0 saturated heterocycles. The molecule has 1 aliphatic rings. The predicted octanol–water partition coefficient (Wildman–Crippen LogP) is 4.83. The number of hydrogen-bond acceptors (Lipinski definition) is 0. The molecule has 0 amide bonds. The molecule has 0 bridgehead atoms. The van der Waals surface area contributed by atoms with Gasteiger partial charge in [0.15, 0.2) is 0 Å². The van der Waals surface area contributed by atoms with Gasteiger partial charge in [0.05, 0.1) is 0 Å². The topological polar surface area (TPSA) is 0 Å². The highest BCUT2D eigenvalue weighted by Gasteiger charge is 2.19. The highest BCUT2D eigenvalue weighted by molar-refractivity contribution is 5.29. The van der Waals surface area contributed by atoms with Crippen LogP contribution >= 0.6 is 0 Å². The molecular formula is C16H23. The summed E-state index contributed by atoms with van der Waals surface area (Å²) in [5.74, 6) is 0.774. The molecule has 0 spiro atoms. The quantitative estimate of drug-likeness (QED) is 0.629. The molecule has 1 saturated carbocycles. The zero-order valence-electron chi connectivity index (χ0n) is 10.8. The van der Waals surface area contributed by atoms with Crippen molar-refractivity contribution >= 4 is 0 Å². The Morgan fingerprint density at radius 3 is 2.38 bits per heavy atom. The van der Waals surface area contributed by atoms with Gasteiger partial charge in [-0.05, 0) is 41.4 Å². The number of rotatable bonds is 1. The SMILES string of the molecule is CC(C)(C)c1[c]c(C2CCCCC2)ccc1. The average molecular weight is 215 g/mol. The average Bonchev–Trinajstić information content (AvgIpc) is 2.29. The Morgan fingerprint density at radius 1 is 1.06 bits per heavy atom. The fourth-order valence-electron chi connectivity index (χ4n) is 2.58. The zero-order valence-corrected chi connectivity index (χ0v) is 10.8. The van der Waals surface area contributed by atoms with Gasteiger partial charge in [-0.25, -0.2) is 0 Å². The van der Waals surface area contributed by atoms with Crippen molar-refractivity contribution in [2.24, 2.45) is 0 Å². The summed E-state index contributed by atoms with van der Waals surface area (Å²) in [4.78, 5) is 0. The van der Waals surface area contributed by atoms with Gasteiger partial charge in [-0.2, -0.15) is 0 Å². The summed E-state index contributed by atoms with van der Waals surface area (Å²) in [6.45, 7) is 6.80. The van der Waals surface area contributed by atoms with Crippen molar-refractivity contribution in [2.75, 3.05) is 0 Å². The van der Waals surface area contributed by atoms with Crippen molar-refractivity contribution in [3.63, 3.8) is 0 Å². The molecule has 16 heavy (non-hydrogen) atoms. The Hall–Kier alpha value is -0.780. The van der Waals surface area contributed by atoms with E-state index in [1.807, 2.05) is 0 Å². The first-order valence-electron chi connectivity index (χ1n) is 6.60. The Morgan fingerprint density at radius 2 is 1.75 bits per heavy atom. The fraction of sp³-hybridized carbons (Fsp3) is 0.625. The molecule has 87 valence electrons. The molecule has 0 unspecified atom stereocenters. The summed E-state index contributed by atoms with van der Waals surface area (Å²) in [5, 5.41) is 0. The minimum absolute atomic E-state index is 0.227. The normalized spacial score (nSPS) is 18.7. The van der Waals surface area contributed by atoms with Gasteiger partial charge in [0.25, 0.3) is 0 Å². The van der Waals surface area contributed by atoms with Gasteiger partial charge in [0.2, 0.25) is 0 Å². The van der Waals surface area contributed by atoms with Crippen molar-refractivity contribution < 1.29 is 0 Å². The minimum Gasteiger partial charge on any atom is -0.0616 e. The first kappa shape index (κ1) is 11.7. The molecule has 0 aromatic heterocycles. The van der Waals surface area contributed by atoms with Gasteiger partial charge in [-0.3, -0.25) is 0 Å². The van der Waals surface area contributed by atoms with Crippen molar-refractivity contribution in [2.45, 2.75) is 64.2 Å². The lowest BCUT2D eigenvalue weighted by molar-refractivity contribution is 0.442. The highest BCUT2D eigenvalue weighted by Crippen LogP contribution is 2.34. The molecule has 0 N–H and O–H groups in total. The summed E-state index contributed by atoms with van der Waals surface area (Å²) in [5.41, 5.74) is 3.03. The molecule has 0 nitrogen and oxygen atoms in total. The Labute approximate surface area is 100 Å². The van der Waals surface area contributed by atoms with E-state index in [2.05, 4.69) is 45.0 Å². The lowest BCUT2D eigenvalue weighted by Crippen LogP contribution is -2.13. The van der Waals surface area contributed by atoms with Crippen LogP contribution in [-0.4, -0.2) is 0 Å². The predicted molar refractivity (Wildman–Crippen MR) is 69.8 cm³/mol. The summed E-state index contributed by atoms with van der Waals surface area (Å²) < 4.78 is 0. The van der Waals surface area contributed by atoms with Gasteiger partial charge in [-0.15, -0.1) is 0 Å². The van der Waals surface area contributed by atoms with Crippen LogP contribution in [0.15, 0.2) is 18.2 Å². The molecular weight excluding hydrogens is 192 g/mol. The second-order valence-corrected chi connectivity index (χ2v) is 6.10. The summed E-state index contributed by atoms with van der Waals surface area (Å²) in [7, 11) is 0. The molecule has 0 heteroatoms. The van der Waals surface area contributed by atoms with Crippen LogP contribution in [-0.2, 0) is 5.41 Å². The van der Waals surface area contributed by atoms with E-state index in [0.29, 0.717) is 0 Å². The van der Waals surface area contributed by atoms with E-state index in [4.69, 9.17) is 0 Å². The van der Waals surface area contributed by atoms with Crippen LogP contribution in [0.1, 0.15) is 69.9 Å². The van der Waals surface area contributed by atoms with E-state index in [1.54, 1.807) is 0 Å². The smallest absolute Gasteiger partial charge is 0.0106 e. The molecule has 2 rings (SSSR count). The fourth-order valence-corrected chi connectivity index (χ4v) is 2.58. The van der Waals surface area contributed by atoms with Crippen LogP contribution in [0.2, 0.25) is 0 Å². The van der Waals surface area contributed by atoms with Crippen LogP contribution in [0, 0.1) is 6.07 Å². The maximum atomic E-state index is 3.65. The van der Waals surface area contributed by atoms with Gasteiger partial charge >= 0.3 is 0 Å². The third-order valence-electron chi connectivity index (χ3n) is 3.67. The number of hydrogen-bond donors (Lipinski definition) is 0. The van der Waals surface area contributed by atoms with Crippen LogP contribution in [0.3, 0.4) is 0 Å². The zero-order chi connectivity index (χ0) is 11.6. The standard InChI is InChI=1S/C16H23/c1-16(2,3)15-11-7-10-14(12-15)13-8-5-4-6-9-13/h7,10-11,13H,4-6,8-9H2,1-3H3. The third kappa shape index (κ3) is 2.66. The lowest BCUT2D eigenvalue weighted by atomic mass is 9.80. The molecule has 1 fully saturated rings. The monoisotopic (exact) mass is 215 g/mol. The van der Waals surface area contributed by atoms with Crippen molar-refractivity contribution in [1.29, 1.82) is 0 Å². The molecule has 0 aliphatic heterocycles. The molecule has 1 radical (unpaired) electrons. The second-order valence-electron chi connectivity index (χ2n) is 6.10. The van der Waals surface area contributed by atoms with E-state index < -0.39 is 0 Å². The van der Waals surface area contributed by atoms with Crippen molar-refractivity contribution in [1.82, 2.24) is 0 Å². The van der Waals surface area contributed by atoms with Gasteiger partial charge in [0, 0.05) is 0 Å². The highest BCUT2D eigenvalue weighted by atomic mass is 14.2. The molecule has 0 atom stereocenters. The molecule has 1 aromatic rings. The Kier molecular flexibility index (Phi) is 3.37. The van der Waals surface area contributed by atoms with Crippen LogP contribution in [0.4, 0.5) is 0 Å². The maximum Gasteiger partial charge on any atom is -0.0106 e. The lowest BCUT2D eigenvalue weighted by Gasteiger charge is -2.24. The third-order valence-corrected chi connectivity index (χ3v) is 3.67. The van der Waals surface area contributed by atoms with Crippen molar-refractivity contribution in [3.05, 3.63) is 35.4 Å². The van der Waals surface area contributed by atoms with E-state index >= 15 is 0 Å². The van der Waals surface area contributed by atoms with Gasteiger partial charge in [0.1, 0.15) is 0 Å². The summed E-state index contributed by atoms with van der Waals surface area (Å²) in [6, 6.07) is 10.3. The molecule has 1 aliphatic carbocycles. The number of benzene rings is 1. The molecule has 0 heterocycles. The van der Waals surface area contributed by atoms with E-state index in [-0.39, 0.29) is 5.41 Å². The van der Waals surface area contributed by atoms with E-state index in [9.17, 15) is 0 Å². The summed E-state index contributed by atoms with van der Waals surface area (Å²) >= 11 is 0. The van der Waals surface area contributed by atoms with E-state index in [1.165, 1.54) is 43.2 Å². The summed E-state index contributed by atoms with van der Waals surface area (Å²) in [6.07, 6.45) is 6.96. The first-order valence-corrected chi connectivity index (χ1v) is 6.60. The van der Waals surface area contributed by atoms with Crippen LogP contribution in [0.5, 0.6) is 0 Å². The Bertz CT molecular complexity index is 337. The molecule has 1 aromatic carbocycles. The van der Waals surface area contributed by atoms with Crippen molar-refractivity contribution in [3.8, 4) is 0 Å². The first-order chi connectivity index (χ1) is 7.57. The van der Waals surface area contributed by atoms with Crippen LogP contribution < -0.4 is 0 Å². The van der Waals surface area contributed by atoms with Gasteiger partial charge in [-0.1, -0.05) is 58.2 Å². The van der Waals surface area contributed by atoms with Gasteiger partial charge < -0.3 is 0 Å². The Balaban J connectivity index is 2.21. The minimum atomic E-state index is 0.227. The largest absolute Gasteiger partial charge is 0.0616 e. The van der Waals surface area contributed by atoms with Crippen LogP contribution in [0.25, 0.3) is 0 Å². The maximum absolute atomic E-state index is 3.65. The van der Waals surface area contributed by atoms with E-state index in [0.717, 1.165) is 5.92 Å².